The van der Waals surface area contributed by atoms with Crippen molar-refractivity contribution < 1.29 is 14.3 Å². The van der Waals surface area contributed by atoms with Crippen LogP contribution in [0.2, 0.25) is 0 Å². The van der Waals surface area contributed by atoms with Gasteiger partial charge in [0, 0.05) is 13.1 Å². The molecular formula is C24H29N3O3. The van der Waals surface area contributed by atoms with Gasteiger partial charge in [-0.1, -0.05) is 60.7 Å². The fourth-order valence-corrected chi connectivity index (χ4v) is 2.89. The molecule has 0 aliphatic heterocycles. The molecule has 0 N–H and O–H groups in total. The molecule has 0 unspecified atom stereocenters. The first-order chi connectivity index (χ1) is 14.3. The van der Waals surface area contributed by atoms with Crippen LogP contribution in [-0.2, 0) is 24.4 Å². The number of rotatable bonds is 7. The van der Waals surface area contributed by atoms with Gasteiger partial charge < -0.3 is 14.4 Å². The van der Waals surface area contributed by atoms with Crippen molar-refractivity contribution in [3.05, 3.63) is 83.6 Å². The summed E-state index contributed by atoms with van der Waals surface area (Å²) in [6.45, 7) is 6.91. The third kappa shape index (κ3) is 6.37. The standard InChI is InChI=1S/C24H29N3O3/c1-24(2,3)30-23(28)26(4)17-21-15-22(29-18-20-13-9-6-10-14-20)27(25-21)16-19-11-7-5-8-12-19/h5-15H,16-18H2,1-4H3. The maximum Gasteiger partial charge on any atom is 0.410 e. The fourth-order valence-electron chi connectivity index (χ4n) is 2.89. The Balaban J connectivity index is 1.75. The quantitative estimate of drug-likeness (QED) is 0.560. The molecule has 0 radical (unpaired) electrons. The highest BCUT2D eigenvalue weighted by Gasteiger charge is 2.21. The molecular weight excluding hydrogens is 378 g/mol. The maximum atomic E-state index is 12.3. The zero-order chi connectivity index (χ0) is 21.6. The first kappa shape index (κ1) is 21.4. The van der Waals surface area contributed by atoms with E-state index in [2.05, 4.69) is 17.2 Å². The van der Waals surface area contributed by atoms with E-state index in [1.165, 1.54) is 4.90 Å². The number of hydrogen-bond donors (Lipinski definition) is 0. The average Bonchev–Trinajstić information content (AvgIpc) is 3.07. The summed E-state index contributed by atoms with van der Waals surface area (Å²) < 4.78 is 13.3. The number of carbonyl (C=O) groups is 1. The molecule has 0 fully saturated rings. The summed E-state index contributed by atoms with van der Waals surface area (Å²) in [5, 5.41) is 4.68. The average molecular weight is 408 g/mol. The monoisotopic (exact) mass is 407 g/mol. The van der Waals surface area contributed by atoms with E-state index in [4.69, 9.17) is 9.47 Å². The number of ether oxygens (including phenoxy) is 2. The van der Waals surface area contributed by atoms with Gasteiger partial charge in [0.2, 0.25) is 5.88 Å². The molecule has 1 aromatic heterocycles. The van der Waals surface area contributed by atoms with Gasteiger partial charge in [-0.2, -0.15) is 5.10 Å². The molecule has 0 saturated heterocycles. The minimum absolute atomic E-state index is 0.332. The molecule has 0 aliphatic carbocycles. The van der Waals surface area contributed by atoms with Crippen molar-refractivity contribution in [2.75, 3.05) is 7.05 Å². The van der Waals surface area contributed by atoms with Crippen molar-refractivity contribution in [3.8, 4) is 5.88 Å². The summed E-state index contributed by atoms with van der Waals surface area (Å²) in [5.41, 5.74) is 2.40. The molecule has 30 heavy (non-hydrogen) atoms. The molecule has 1 amide bonds. The van der Waals surface area contributed by atoms with E-state index in [1.54, 1.807) is 7.05 Å². The van der Waals surface area contributed by atoms with Crippen LogP contribution in [-0.4, -0.2) is 33.4 Å². The van der Waals surface area contributed by atoms with Gasteiger partial charge in [0.15, 0.2) is 0 Å². The number of nitrogens with zero attached hydrogens (tertiary/aromatic N) is 3. The minimum atomic E-state index is -0.540. The molecule has 0 atom stereocenters. The Morgan fingerprint density at radius 2 is 1.60 bits per heavy atom. The van der Waals surface area contributed by atoms with Gasteiger partial charge >= 0.3 is 6.09 Å². The van der Waals surface area contributed by atoms with Crippen LogP contribution in [0.15, 0.2) is 66.7 Å². The molecule has 3 aromatic rings. The van der Waals surface area contributed by atoms with Crippen molar-refractivity contribution in [2.45, 2.75) is 46.1 Å². The van der Waals surface area contributed by atoms with Crippen LogP contribution in [0.3, 0.4) is 0 Å². The number of benzene rings is 2. The largest absolute Gasteiger partial charge is 0.473 e. The summed E-state index contributed by atoms with van der Waals surface area (Å²) >= 11 is 0. The van der Waals surface area contributed by atoms with E-state index < -0.39 is 5.60 Å². The Hall–Kier alpha value is -3.28. The number of hydrogen-bond acceptors (Lipinski definition) is 4. The molecule has 3 rings (SSSR count). The molecule has 6 nitrogen and oxygen atoms in total. The van der Waals surface area contributed by atoms with Gasteiger partial charge in [0.25, 0.3) is 0 Å². The number of aromatic nitrogens is 2. The fraction of sp³-hybridized carbons (Fsp3) is 0.333. The zero-order valence-corrected chi connectivity index (χ0v) is 18.0. The third-order valence-corrected chi connectivity index (χ3v) is 4.30. The molecule has 2 aromatic carbocycles. The lowest BCUT2D eigenvalue weighted by Crippen LogP contribution is -2.33. The zero-order valence-electron chi connectivity index (χ0n) is 18.0. The van der Waals surface area contributed by atoms with Gasteiger partial charge in [0.1, 0.15) is 12.2 Å². The Bertz CT molecular complexity index is 947. The molecule has 1 heterocycles. The number of amides is 1. The summed E-state index contributed by atoms with van der Waals surface area (Å²) in [7, 11) is 1.70. The van der Waals surface area contributed by atoms with Crippen LogP contribution in [0.4, 0.5) is 4.79 Å². The van der Waals surface area contributed by atoms with Crippen molar-refractivity contribution >= 4 is 6.09 Å². The van der Waals surface area contributed by atoms with Crippen LogP contribution in [0.25, 0.3) is 0 Å². The first-order valence-electron chi connectivity index (χ1n) is 10.0. The van der Waals surface area contributed by atoms with E-state index in [0.717, 1.165) is 16.8 Å². The Morgan fingerprint density at radius 1 is 1.00 bits per heavy atom. The normalized spacial score (nSPS) is 11.2. The SMILES string of the molecule is CN(Cc1cc(OCc2ccccc2)n(Cc2ccccc2)n1)C(=O)OC(C)(C)C. The van der Waals surface area contributed by atoms with Gasteiger partial charge in [-0.25, -0.2) is 9.48 Å². The van der Waals surface area contributed by atoms with Crippen molar-refractivity contribution in [1.82, 2.24) is 14.7 Å². The van der Waals surface area contributed by atoms with Crippen molar-refractivity contribution in [3.63, 3.8) is 0 Å². The summed E-state index contributed by atoms with van der Waals surface area (Å²) in [6, 6.07) is 22.0. The van der Waals surface area contributed by atoms with Gasteiger partial charge in [-0.3, -0.25) is 0 Å². The van der Waals surface area contributed by atoms with E-state index >= 15 is 0 Å². The van der Waals surface area contributed by atoms with E-state index in [-0.39, 0.29) is 6.09 Å². The predicted molar refractivity (Wildman–Crippen MR) is 116 cm³/mol. The Labute approximate surface area is 178 Å². The number of carbonyl (C=O) groups excluding carboxylic acids is 1. The summed E-state index contributed by atoms with van der Waals surface area (Å²) in [5.74, 6) is 0.662. The van der Waals surface area contributed by atoms with E-state index in [9.17, 15) is 4.79 Å². The van der Waals surface area contributed by atoms with Gasteiger partial charge in [-0.15, -0.1) is 0 Å². The highest BCUT2D eigenvalue weighted by molar-refractivity contribution is 5.67. The molecule has 158 valence electrons. The van der Waals surface area contributed by atoms with Crippen LogP contribution in [0, 0.1) is 0 Å². The summed E-state index contributed by atoms with van der Waals surface area (Å²) in [4.78, 5) is 13.8. The third-order valence-electron chi connectivity index (χ3n) is 4.30. The molecule has 0 saturated carbocycles. The van der Waals surface area contributed by atoms with Crippen LogP contribution in [0.5, 0.6) is 5.88 Å². The molecule has 6 heteroatoms. The lowest BCUT2D eigenvalue weighted by atomic mass is 10.2. The van der Waals surface area contributed by atoms with Gasteiger partial charge in [0.05, 0.1) is 18.8 Å². The summed E-state index contributed by atoms with van der Waals surface area (Å²) in [6.07, 6.45) is -0.383. The van der Waals surface area contributed by atoms with Crippen molar-refractivity contribution in [1.29, 1.82) is 0 Å². The van der Waals surface area contributed by atoms with E-state index in [1.807, 2.05) is 80.1 Å². The van der Waals surface area contributed by atoms with Crippen molar-refractivity contribution in [2.24, 2.45) is 0 Å². The second-order valence-electron chi connectivity index (χ2n) is 8.23. The maximum absolute atomic E-state index is 12.3. The van der Waals surface area contributed by atoms with Crippen LogP contribution < -0.4 is 4.74 Å². The topological polar surface area (TPSA) is 56.6 Å². The van der Waals surface area contributed by atoms with Gasteiger partial charge in [-0.05, 0) is 31.9 Å². The second kappa shape index (κ2) is 9.48. The smallest absolute Gasteiger partial charge is 0.410 e. The highest BCUT2D eigenvalue weighted by atomic mass is 16.6. The second-order valence-corrected chi connectivity index (χ2v) is 8.23. The lowest BCUT2D eigenvalue weighted by molar-refractivity contribution is 0.0283. The van der Waals surface area contributed by atoms with Crippen LogP contribution >= 0.6 is 0 Å². The van der Waals surface area contributed by atoms with E-state index in [0.29, 0.717) is 25.6 Å². The minimum Gasteiger partial charge on any atom is -0.473 e. The molecule has 0 spiro atoms. The Morgan fingerprint density at radius 3 is 2.20 bits per heavy atom. The van der Waals surface area contributed by atoms with Crippen LogP contribution in [0.1, 0.15) is 37.6 Å². The molecule has 0 bridgehead atoms. The highest BCUT2D eigenvalue weighted by Crippen LogP contribution is 2.19. The predicted octanol–water partition coefficient (Wildman–Crippen LogP) is 4.88. The lowest BCUT2D eigenvalue weighted by Gasteiger charge is -2.24. The molecule has 0 aliphatic rings. The Kier molecular flexibility index (Phi) is 6.77. The first-order valence-corrected chi connectivity index (χ1v) is 10.0.